The second-order valence-corrected chi connectivity index (χ2v) is 7.82. The number of aryl methyl sites for hydroxylation is 1. The highest BCUT2D eigenvalue weighted by atomic mass is 32.1. The van der Waals surface area contributed by atoms with E-state index in [1.165, 1.54) is 5.56 Å². The number of anilines is 1. The lowest BCUT2D eigenvalue weighted by Crippen LogP contribution is -2.41. The summed E-state index contributed by atoms with van der Waals surface area (Å²) in [5.74, 6) is 0.447. The Morgan fingerprint density at radius 1 is 1.15 bits per heavy atom. The predicted octanol–water partition coefficient (Wildman–Crippen LogP) is 4.92. The minimum Gasteiger partial charge on any atom is -0.436 e. The van der Waals surface area contributed by atoms with Gasteiger partial charge < -0.3 is 15.1 Å². The molecule has 3 aromatic rings. The van der Waals surface area contributed by atoms with Crippen LogP contribution in [0.15, 0.2) is 46.9 Å². The van der Waals surface area contributed by atoms with E-state index in [1.807, 2.05) is 51.1 Å². The van der Waals surface area contributed by atoms with Gasteiger partial charge in [-0.2, -0.15) is 0 Å². The van der Waals surface area contributed by atoms with Crippen molar-refractivity contribution in [2.75, 3.05) is 5.32 Å². The summed E-state index contributed by atoms with van der Waals surface area (Å²) in [4.78, 5) is 16.6. The molecule has 0 atom stereocenters. The molecule has 2 aromatic carbocycles. The first kappa shape index (κ1) is 19.0. The molecule has 0 radical (unpaired) electrons. The number of nitrogens with zero attached hydrogens (tertiary/aromatic N) is 1. The van der Waals surface area contributed by atoms with Gasteiger partial charge in [0.15, 0.2) is 10.7 Å². The Morgan fingerprint density at radius 2 is 1.85 bits per heavy atom. The summed E-state index contributed by atoms with van der Waals surface area (Å²) in [7, 11) is 0. The molecule has 0 spiro atoms. The van der Waals surface area contributed by atoms with Crippen LogP contribution in [0, 0.1) is 5.41 Å². The molecule has 0 aliphatic carbocycles. The topological polar surface area (TPSA) is 67.2 Å². The number of fused-ring (bicyclic) bond motifs is 1. The fourth-order valence-electron chi connectivity index (χ4n) is 2.47. The van der Waals surface area contributed by atoms with E-state index in [2.05, 4.69) is 34.7 Å². The lowest BCUT2D eigenvalue weighted by molar-refractivity contribution is -0.126. The van der Waals surface area contributed by atoms with Gasteiger partial charge in [0, 0.05) is 16.7 Å². The van der Waals surface area contributed by atoms with Crippen molar-refractivity contribution >= 4 is 40.0 Å². The Balaban J connectivity index is 1.72. The highest BCUT2D eigenvalue weighted by Crippen LogP contribution is 2.26. The molecule has 6 heteroatoms. The monoisotopic (exact) mass is 381 g/mol. The predicted molar refractivity (Wildman–Crippen MR) is 113 cm³/mol. The first-order valence-corrected chi connectivity index (χ1v) is 9.29. The van der Waals surface area contributed by atoms with Crippen LogP contribution in [-0.4, -0.2) is 16.0 Å². The Kier molecular flexibility index (Phi) is 5.28. The maximum absolute atomic E-state index is 12.0. The summed E-state index contributed by atoms with van der Waals surface area (Å²) in [5.41, 5.74) is 4.02. The second-order valence-electron chi connectivity index (χ2n) is 7.41. The molecule has 27 heavy (non-hydrogen) atoms. The number of aromatic nitrogens is 1. The standard InChI is InChI=1S/C21H23N3O2S/c1-5-13-6-11-17-16(12-13)23-18(26-17)14-7-9-15(10-8-14)22-20(27)24-19(25)21(2,3)4/h6-12H,5H2,1-4H3,(H2,22,24,25,27). The van der Waals surface area contributed by atoms with Gasteiger partial charge in [0.05, 0.1) is 0 Å². The van der Waals surface area contributed by atoms with Crippen molar-refractivity contribution in [3.8, 4) is 11.5 Å². The maximum atomic E-state index is 12.0. The molecule has 5 nitrogen and oxygen atoms in total. The highest BCUT2D eigenvalue weighted by Gasteiger charge is 2.22. The number of rotatable bonds is 3. The Morgan fingerprint density at radius 3 is 2.48 bits per heavy atom. The molecule has 0 aliphatic heterocycles. The minimum absolute atomic E-state index is 0.130. The third-order valence-corrected chi connectivity index (χ3v) is 4.36. The van der Waals surface area contributed by atoms with Gasteiger partial charge in [-0.25, -0.2) is 4.98 Å². The van der Waals surface area contributed by atoms with E-state index in [1.54, 1.807) is 0 Å². The van der Waals surface area contributed by atoms with Crippen molar-refractivity contribution in [2.24, 2.45) is 5.41 Å². The molecule has 0 saturated heterocycles. The maximum Gasteiger partial charge on any atom is 0.231 e. The summed E-state index contributed by atoms with van der Waals surface area (Å²) >= 11 is 5.20. The van der Waals surface area contributed by atoms with Gasteiger partial charge in [0.1, 0.15) is 5.52 Å². The molecule has 0 fully saturated rings. The van der Waals surface area contributed by atoms with Crippen LogP contribution < -0.4 is 10.6 Å². The molecule has 1 amide bonds. The van der Waals surface area contributed by atoms with Crippen molar-refractivity contribution in [3.63, 3.8) is 0 Å². The van der Waals surface area contributed by atoms with Crippen molar-refractivity contribution < 1.29 is 9.21 Å². The van der Waals surface area contributed by atoms with Gasteiger partial charge in [0.25, 0.3) is 0 Å². The number of benzene rings is 2. The van der Waals surface area contributed by atoms with E-state index < -0.39 is 5.41 Å². The number of oxazole rings is 1. The normalized spacial score (nSPS) is 11.4. The van der Waals surface area contributed by atoms with Gasteiger partial charge in [-0.15, -0.1) is 0 Å². The molecular formula is C21H23N3O2S. The summed E-state index contributed by atoms with van der Waals surface area (Å²) in [5, 5.41) is 5.98. The van der Waals surface area contributed by atoms with E-state index >= 15 is 0 Å². The third-order valence-electron chi connectivity index (χ3n) is 4.16. The Hall–Kier alpha value is -2.73. The first-order chi connectivity index (χ1) is 12.8. The summed E-state index contributed by atoms with van der Waals surface area (Å²) in [6.45, 7) is 7.62. The van der Waals surface area contributed by atoms with E-state index in [9.17, 15) is 4.79 Å². The zero-order valence-electron chi connectivity index (χ0n) is 15.9. The SMILES string of the molecule is CCc1ccc2oc(-c3ccc(NC(=S)NC(=O)C(C)(C)C)cc3)nc2c1. The first-order valence-electron chi connectivity index (χ1n) is 8.88. The van der Waals surface area contributed by atoms with Gasteiger partial charge in [0.2, 0.25) is 11.8 Å². The summed E-state index contributed by atoms with van der Waals surface area (Å²) in [6, 6.07) is 13.6. The van der Waals surface area contributed by atoms with Crippen LogP contribution >= 0.6 is 12.2 Å². The van der Waals surface area contributed by atoms with Crippen molar-refractivity contribution in [2.45, 2.75) is 34.1 Å². The molecule has 0 bridgehead atoms. The Labute approximate surface area is 164 Å². The molecule has 0 saturated carbocycles. The lowest BCUT2D eigenvalue weighted by atomic mass is 9.96. The van der Waals surface area contributed by atoms with Gasteiger partial charge >= 0.3 is 0 Å². The van der Waals surface area contributed by atoms with Crippen LogP contribution in [0.2, 0.25) is 0 Å². The molecule has 0 aliphatic rings. The number of nitrogens with one attached hydrogen (secondary N) is 2. The lowest BCUT2D eigenvalue weighted by Gasteiger charge is -2.18. The zero-order chi connectivity index (χ0) is 19.6. The van der Waals surface area contributed by atoms with Crippen molar-refractivity contribution in [1.29, 1.82) is 0 Å². The molecule has 1 heterocycles. The zero-order valence-corrected chi connectivity index (χ0v) is 16.7. The number of thiocarbonyl (C=S) groups is 1. The Bertz CT molecular complexity index is 985. The van der Waals surface area contributed by atoms with Crippen LogP contribution in [0.4, 0.5) is 5.69 Å². The van der Waals surface area contributed by atoms with Gasteiger partial charge in [-0.1, -0.05) is 33.8 Å². The van der Waals surface area contributed by atoms with E-state index in [0.717, 1.165) is 28.8 Å². The van der Waals surface area contributed by atoms with Crippen LogP contribution in [0.5, 0.6) is 0 Å². The number of amides is 1. The molecular weight excluding hydrogens is 358 g/mol. The average Bonchev–Trinajstić information content (AvgIpc) is 3.04. The highest BCUT2D eigenvalue weighted by molar-refractivity contribution is 7.80. The van der Waals surface area contributed by atoms with Gasteiger partial charge in [-0.05, 0) is 60.6 Å². The van der Waals surface area contributed by atoms with Crippen LogP contribution in [0.1, 0.15) is 33.3 Å². The quantitative estimate of drug-likeness (QED) is 0.631. The summed E-state index contributed by atoms with van der Waals surface area (Å²) in [6.07, 6.45) is 0.962. The molecule has 140 valence electrons. The second kappa shape index (κ2) is 7.48. The molecule has 3 rings (SSSR count). The largest absolute Gasteiger partial charge is 0.436 e. The number of hydrogen-bond acceptors (Lipinski definition) is 4. The number of carbonyl (C=O) groups is 1. The smallest absolute Gasteiger partial charge is 0.231 e. The number of carbonyl (C=O) groups excluding carboxylic acids is 1. The van der Waals surface area contributed by atoms with Crippen LogP contribution in [0.3, 0.4) is 0 Å². The number of hydrogen-bond donors (Lipinski definition) is 2. The third kappa shape index (κ3) is 4.52. The van der Waals surface area contributed by atoms with Crippen LogP contribution in [0.25, 0.3) is 22.6 Å². The molecule has 1 aromatic heterocycles. The van der Waals surface area contributed by atoms with E-state index in [-0.39, 0.29) is 11.0 Å². The fourth-order valence-corrected chi connectivity index (χ4v) is 2.68. The molecule has 0 unspecified atom stereocenters. The van der Waals surface area contributed by atoms with E-state index in [4.69, 9.17) is 16.6 Å². The van der Waals surface area contributed by atoms with Crippen LogP contribution in [-0.2, 0) is 11.2 Å². The summed E-state index contributed by atoms with van der Waals surface area (Å²) < 4.78 is 5.85. The average molecular weight is 382 g/mol. The molecule has 2 N–H and O–H groups in total. The van der Waals surface area contributed by atoms with E-state index in [0.29, 0.717) is 5.89 Å². The van der Waals surface area contributed by atoms with Crippen molar-refractivity contribution in [3.05, 3.63) is 48.0 Å². The van der Waals surface area contributed by atoms with Crippen molar-refractivity contribution in [1.82, 2.24) is 10.3 Å². The fraction of sp³-hybridized carbons (Fsp3) is 0.286. The minimum atomic E-state index is -0.500. The van der Waals surface area contributed by atoms with Gasteiger partial charge in [-0.3, -0.25) is 4.79 Å².